The first-order valence-corrected chi connectivity index (χ1v) is 7.43. The lowest BCUT2D eigenvalue weighted by molar-refractivity contribution is 0.691. The molecule has 0 radical (unpaired) electrons. The van der Waals surface area contributed by atoms with Gasteiger partial charge in [-0.2, -0.15) is 5.26 Å². The van der Waals surface area contributed by atoms with Crippen LogP contribution in [-0.2, 0) is 13.0 Å². The van der Waals surface area contributed by atoms with Crippen molar-refractivity contribution in [3.8, 4) is 6.07 Å². The topological polar surface area (TPSA) is 54.5 Å². The van der Waals surface area contributed by atoms with Gasteiger partial charge in [-0.1, -0.05) is 17.7 Å². The standard InChI is InChI=1S/C14H11ClN4S/c15-10-7-12-14(17-9-10)19(5-2-4-16)13(18-12)8-11-3-1-6-20-11/h1,3,6-7,9H,2,5,8H2. The summed E-state index contributed by atoms with van der Waals surface area (Å²) in [6.07, 6.45) is 2.80. The maximum Gasteiger partial charge on any atom is 0.160 e. The molecule has 20 heavy (non-hydrogen) atoms. The zero-order chi connectivity index (χ0) is 13.9. The molecular formula is C14H11ClN4S. The van der Waals surface area contributed by atoms with Gasteiger partial charge in [0.2, 0.25) is 0 Å². The zero-order valence-corrected chi connectivity index (χ0v) is 12.2. The van der Waals surface area contributed by atoms with Gasteiger partial charge in [-0.3, -0.25) is 0 Å². The molecule has 0 amide bonds. The molecule has 3 rings (SSSR count). The number of pyridine rings is 1. The van der Waals surface area contributed by atoms with Crippen molar-refractivity contribution in [2.24, 2.45) is 0 Å². The first kappa shape index (κ1) is 13.1. The third-order valence-electron chi connectivity index (χ3n) is 2.99. The average Bonchev–Trinajstić information content (AvgIpc) is 3.04. The normalized spacial score (nSPS) is 10.8. The van der Waals surface area contributed by atoms with Crippen molar-refractivity contribution in [1.82, 2.24) is 14.5 Å². The number of hydrogen-bond acceptors (Lipinski definition) is 4. The van der Waals surface area contributed by atoms with E-state index < -0.39 is 0 Å². The highest BCUT2D eigenvalue weighted by Crippen LogP contribution is 2.21. The quantitative estimate of drug-likeness (QED) is 0.739. The molecule has 4 nitrogen and oxygen atoms in total. The second-order valence-electron chi connectivity index (χ2n) is 4.34. The Kier molecular flexibility index (Phi) is 3.68. The van der Waals surface area contributed by atoms with Gasteiger partial charge in [0.15, 0.2) is 5.65 Å². The average molecular weight is 303 g/mol. The molecule has 0 saturated carbocycles. The smallest absolute Gasteiger partial charge is 0.160 e. The largest absolute Gasteiger partial charge is 0.311 e. The minimum atomic E-state index is 0.438. The first-order chi connectivity index (χ1) is 9.78. The molecule has 0 atom stereocenters. The van der Waals surface area contributed by atoms with E-state index in [2.05, 4.69) is 22.1 Å². The molecule has 0 bridgehead atoms. The van der Waals surface area contributed by atoms with Gasteiger partial charge in [0.05, 0.1) is 17.5 Å². The number of fused-ring (bicyclic) bond motifs is 1. The van der Waals surface area contributed by atoms with E-state index >= 15 is 0 Å². The summed E-state index contributed by atoms with van der Waals surface area (Å²) in [6.45, 7) is 0.600. The number of halogens is 1. The third kappa shape index (κ3) is 2.53. The van der Waals surface area contributed by atoms with E-state index in [0.29, 0.717) is 18.0 Å². The molecule has 0 aliphatic heterocycles. The van der Waals surface area contributed by atoms with Gasteiger partial charge in [0, 0.05) is 24.0 Å². The predicted octanol–water partition coefficient (Wildman–Crippen LogP) is 3.65. The van der Waals surface area contributed by atoms with Crippen LogP contribution in [-0.4, -0.2) is 14.5 Å². The van der Waals surface area contributed by atoms with Crippen LogP contribution in [0.2, 0.25) is 5.02 Å². The SMILES string of the molecule is N#CCCn1c(Cc2cccs2)nc2cc(Cl)cnc21. The summed E-state index contributed by atoms with van der Waals surface area (Å²) in [6, 6.07) is 8.09. The molecular weight excluding hydrogens is 292 g/mol. The summed E-state index contributed by atoms with van der Waals surface area (Å²) in [5.74, 6) is 0.924. The van der Waals surface area contributed by atoms with Crippen molar-refractivity contribution in [2.75, 3.05) is 0 Å². The fraction of sp³-hybridized carbons (Fsp3) is 0.214. The monoisotopic (exact) mass is 302 g/mol. The van der Waals surface area contributed by atoms with Crippen molar-refractivity contribution in [3.63, 3.8) is 0 Å². The highest BCUT2D eigenvalue weighted by atomic mass is 35.5. The summed E-state index contributed by atoms with van der Waals surface area (Å²) < 4.78 is 2.01. The van der Waals surface area contributed by atoms with Gasteiger partial charge in [-0.05, 0) is 17.5 Å². The van der Waals surface area contributed by atoms with Gasteiger partial charge in [-0.15, -0.1) is 11.3 Å². The van der Waals surface area contributed by atoms with Gasteiger partial charge >= 0.3 is 0 Å². The Hall–Kier alpha value is -1.90. The lowest BCUT2D eigenvalue weighted by Crippen LogP contribution is -2.04. The fourth-order valence-corrected chi connectivity index (χ4v) is 2.99. The number of hydrogen-bond donors (Lipinski definition) is 0. The number of aryl methyl sites for hydroxylation is 1. The first-order valence-electron chi connectivity index (χ1n) is 6.18. The number of rotatable bonds is 4. The number of imidazole rings is 1. The van der Waals surface area contributed by atoms with Crippen molar-refractivity contribution < 1.29 is 0 Å². The zero-order valence-electron chi connectivity index (χ0n) is 10.6. The Morgan fingerprint density at radius 1 is 1.45 bits per heavy atom. The molecule has 0 aliphatic rings. The van der Waals surface area contributed by atoms with Crippen molar-refractivity contribution in [1.29, 1.82) is 5.26 Å². The lowest BCUT2D eigenvalue weighted by Gasteiger charge is -2.05. The molecule has 0 fully saturated rings. The van der Waals surface area contributed by atoms with Crippen LogP contribution in [0.5, 0.6) is 0 Å². The van der Waals surface area contributed by atoms with Gasteiger partial charge in [0.1, 0.15) is 11.3 Å². The molecule has 3 aromatic rings. The maximum absolute atomic E-state index is 8.81. The Labute approximate surface area is 125 Å². The summed E-state index contributed by atoms with van der Waals surface area (Å²) in [5, 5.41) is 11.4. The Morgan fingerprint density at radius 2 is 2.35 bits per heavy atom. The summed E-state index contributed by atoms with van der Waals surface area (Å²) in [4.78, 5) is 10.2. The maximum atomic E-state index is 8.81. The number of aromatic nitrogens is 3. The number of nitriles is 1. The Morgan fingerprint density at radius 3 is 3.10 bits per heavy atom. The third-order valence-corrected chi connectivity index (χ3v) is 4.07. The van der Waals surface area contributed by atoms with Crippen LogP contribution in [0.25, 0.3) is 11.2 Å². The molecule has 0 saturated heterocycles. The van der Waals surface area contributed by atoms with Crippen molar-refractivity contribution in [3.05, 3.63) is 45.5 Å². The van der Waals surface area contributed by atoms with E-state index in [4.69, 9.17) is 16.9 Å². The van der Waals surface area contributed by atoms with Gasteiger partial charge in [0.25, 0.3) is 0 Å². The summed E-state index contributed by atoms with van der Waals surface area (Å²) >= 11 is 7.66. The molecule has 0 unspecified atom stereocenters. The second-order valence-corrected chi connectivity index (χ2v) is 5.81. The van der Waals surface area contributed by atoms with Crippen LogP contribution in [0.4, 0.5) is 0 Å². The molecule has 6 heteroatoms. The van der Waals surface area contributed by atoms with Crippen LogP contribution >= 0.6 is 22.9 Å². The molecule has 0 N–H and O–H groups in total. The highest BCUT2D eigenvalue weighted by Gasteiger charge is 2.13. The number of nitrogens with zero attached hydrogens (tertiary/aromatic N) is 4. The Bertz CT molecular complexity index is 770. The van der Waals surface area contributed by atoms with Crippen LogP contribution in [0.1, 0.15) is 17.1 Å². The van der Waals surface area contributed by atoms with Gasteiger partial charge < -0.3 is 4.57 Å². The van der Waals surface area contributed by atoms with Crippen molar-refractivity contribution >= 4 is 34.1 Å². The van der Waals surface area contributed by atoms with E-state index in [1.165, 1.54) is 4.88 Å². The van der Waals surface area contributed by atoms with Crippen LogP contribution in [0.15, 0.2) is 29.8 Å². The minimum Gasteiger partial charge on any atom is -0.311 e. The number of thiophene rings is 1. The lowest BCUT2D eigenvalue weighted by atomic mass is 10.3. The Balaban J connectivity index is 2.06. The molecule has 0 spiro atoms. The van der Waals surface area contributed by atoms with E-state index in [9.17, 15) is 0 Å². The second kappa shape index (κ2) is 5.61. The van der Waals surface area contributed by atoms with E-state index in [1.807, 2.05) is 22.1 Å². The van der Waals surface area contributed by atoms with Crippen LogP contribution < -0.4 is 0 Å². The highest BCUT2D eigenvalue weighted by molar-refractivity contribution is 7.09. The summed E-state index contributed by atoms with van der Waals surface area (Å²) in [7, 11) is 0. The molecule has 100 valence electrons. The fourth-order valence-electron chi connectivity index (χ4n) is 2.13. The molecule has 3 aromatic heterocycles. The molecule has 0 aromatic carbocycles. The minimum absolute atomic E-state index is 0.438. The molecule has 0 aliphatic carbocycles. The van der Waals surface area contributed by atoms with Gasteiger partial charge in [-0.25, -0.2) is 9.97 Å². The van der Waals surface area contributed by atoms with E-state index in [-0.39, 0.29) is 0 Å². The van der Waals surface area contributed by atoms with Crippen molar-refractivity contribution in [2.45, 2.75) is 19.4 Å². The van der Waals surface area contributed by atoms with Crippen LogP contribution in [0, 0.1) is 11.3 Å². The van der Waals surface area contributed by atoms with Crippen LogP contribution in [0.3, 0.4) is 0 Å². The molecule has 3 heterocycles. The predicted molar refractivity (Wildman–Crippen MR) is 79.9 cm³/mol. The van der Waals surface area contributed by atoms with E-state index in [0.717, 1.165) is 23.4 Å². The van der Waals surface area contributed by atoms with E-state index in [1.54, 1.807) is 17.5 Å². The summed E-state index contributed by atoms with van der Waals surface area (Å²) in [5.41, 5.74) is 1.57.